The molecule has 2 rings (SSSR count). The molecule has 1 aliphatic rings. The van der Waals surface area contributed by atoms with Crippen LogP contribution in [0.4, 0.5) is 0 Å². The molecule has 1 saturated heterocycles. The number of rotatable bonds is 4. The minimum absolute atomic E-state index is 0. The van der Waals surface area contributed by atoms with Crippen LogP contribution in [-0.4, -0.2) is 40.5 Å². The first-order valence-electron chi connectivity index (χ1n) is 7.87. The second kappa shape index (κ2) is 8.17. The lowest BCUT2D eigenvalue weighted by atomic mass is 9.93. The Morgan fingerprint density at radius 1 is 1.45 bits per heavy atom. The van der Waals surface area contributed by atoms with Gasteiger partial charge in [0.05, 0.1) is 6.54 Å². The summed E-state index contributed by atoms with van der Waals surface area (Å²) in [5, 5.41) is 3.46. The summed E-state index contributed by atoms with van der Waals surface area (Å²) >= 11 is 0. The van der Waals surface area contributed by atoms with E-state index in [1.54, 1.807) is 0 Å². The molecule has 0 amide bonds. The standard InChI is InChI=1S/C16H29N5.HI/c1-13(2)11-20-9-7-18-14(20)10-19-15(17-5)21-8-6-16(3,4)12-21;/h7,9,13H,6,8,10-12H2,1-5H3,(H,17,19);1H. The third kappa shape index (κ3) is 5.14. The number of guanidine groups is 1. The van der Waals surface area contributed by atoms with Crippen LogP contribution in [-0.2, 0) is 13.1 Å². The van der Waals surface area contributed by atoms with Crippen molar-refractivity contribution in [2.24, 2.45) is 16.3 Å². The summed E-state index contributed by atoms with van der Waals surface area (Å²) < 4.78 is 2.22. The Kier molecular flexibility index (Phi) is 7.15. The van der Waals surface area contributed by atoms with Gasteiger partial charge >= 0.3 is 0 Å². The second-order valence-corrected chi connectivity index (χ2v) is 7.13. The van der Waals surface area contributed by atoms with E-state index in [4.69, 9.17) is 0 Å². The van der Waals surface area contributed by atoms with Gasteiger partial charge in [-0.2, -0.15) is 0 Å². The van der Waals surface area contributed by atoms with Gasteiger partial charge in [0, 0.05) is 39.1 Å². The number of nitrogens with one attached hydrogen (secondary N) is 1. The Morgan fingerprint density at radius 2 is 2.18 bits per heavy atom. The molecule has 0 unspecified atom stereocenters. The molecule has 0 bridgehead atoms. The molecule has 2 heterocycles. The van der Waals surface area contributed by atoms with E-state index in [9.17, 15) is 0 Å². The van der Waals surface area contributed by atoms with E-state index in [1.165, 1.54) is 6.42 Å². The maximum absolute atomic E-state index is 4.46. The summed E-state index contributed by atoms with van der Waals surface area (Å²) in [6, 6.07) is 0. The van der Waals surface area contributed by atoms with Gasteiger partial charge in [0.25, 0.3) is 0 Å². The predicted octanol–water partition coefficient (Wildman–Crippen LogP) is 2.96. The fourth-order valence-electron chi connectivity index (χ4n) is 2.85. The van der Waals surface area contributed by atoms with Crippen LogP contribution in [0.15, 0.2) is 17.4 Å². The molecule has 1 N–H and O–H groups in total. The van der Waals surface area contributed by atoms with Crippen LogP contribution in [0.5, 0.6) is 0 Å². The number of imidazole rings is 1. The second-order valence-electron chi connectivity index (χ2n) is 7.13. The summed E-state index contributed by atoms with van der Waals surface area (Å²) in [6.45, 7) is 13.0. The van der Waals surface area contributed by atoms with Crippen molar-refractivity contribution >= 4 is 29.9 Å². The molecule has 0 saturated carbocycles. The largest absolute Gasteiger partial charge is 0.349 e. The van der Waals surface area contributed by atoms with Gasteiger partial charge in [-0.25, -0.2) is 4.98 Å². The van der Waals surface area contributed by atoms with Crippen molar-refractivity contribution in [3.05, 3.63) is 18.2 Å². The molecule has 1 aromatic rings. The lowest BCUT2D eigenvalue weighted by Gasteiger charge is -2.23. The van der Waals surface area contributed by atoms with Gasteiger partial charge in [-0.3, -0.25) is 4.99 Å². The Morgan fingerprint density at radius 3 is 2.73 bits per heavy atom. The fourth-order valence-corrected chi connectivity index (χ4v) is 2.85. The lowest BCUT2D eigenvalue weighted by Crippen LogP contribution is -2.40. The van der Waals surface area contributed by atoms with Gasteiger partial charge in [-0.1, -0.05) is 27.7 Å². The first kappa shape index (κ1) is 19.3. The molecule has 126 valence electrons. The molecule has 0 radical (unpaired) electrons. The number of halogens is 1. The van der Waals surface area contributed by atoms with Crippen LogP contribution in [0, 0.1) is 11.3 Å². The highest BCUT2D eigenvalue weighted by Crippen LogP contribution is 2.28. The number of likely N-dealkylation sites (tertiary alicyclic amines) is 1. The maximum Gasteiger partial charge on any atom is 0.194 e. The normalized spacial score (nSPS) is 17.7. The zero-order chi connectivity index (χ0) is 15.5. The quantitative estimate of drug-likeness (QED) is 0.464. The maximum atomic E-state index is 4.46. The first-order chi connectivity index (χ1) is 9.91. The summed E-state index contributed by atoms with van der Waals surface area (Å²) in [7, 11) is 1.86. The monoisotopic (exact) mass is 419 g/mol. The number of hydrogen-bond acceptors (Lipinski definition) is 2. The van der Waals surface area contributed by atoms with Crippen LogP contribution in [0.3, 0.4) is 0 Å². The van der Waals surface area contributed by atoms with Gasteiger partial charge in [-0.05, 0) is 17.8 Å². The third-order valence-electron chi connectivity index (χ3n) is 3.96. The van der Waals surface area contributed by atoms with Crippen molar-refractivity contribution in [3.8, 4) is 0 Å². The summed E-state index contributed by atoms with van der Waals surface area (Å²) in [5.74, 6) is 2.68. The molecule has 0 aliphatic carbocycles. The van der Waals surface area contributed by atoms with E-state index in [2.05, 4.69) is 58.7 Å². The van der Waals surface area contributed by atoms with Gasteiger partial charge in [-0.15, -0.1) is 24.0 Å². The van der Waals surface area contributed by atoms with Crippen LogP contribution in [0.25, 0.3) is 0 Å². The molecule has 1 aliphatic heterocycles. The third-order valence-corrected chi connectivity index (χ3v) is 3.96. The molecule has 1 aromatic heterocycles. The van der Waals surface area contributed by atoms with Gasteiger partial charge < -0.3 is 14.8 Å². The minimum atomic E-state index is 0. The highest BCUT2D eigenvalue weighted by molar-refractivity contribution is 14.0. The summed E-state index contributed by atoms with van der Waals surface area (Å²) in [5.41, 5.74) is 0.383. The number of aromatic nitrogens is 2. The Hall–Kier alpha value is -0.790. The zero-order valence-electron chi connectivity index (χ0n) is 14.5. The smallest absolute Gasteiger partial charge is 0.194 e. The molecule has 1 fully saturated rings. The van der Waals surface area contributed by atoms with Crippen LogP contribution < -0.4 is 5.32 Å². The molecule has 0 aromatic carbocycles. The minimum Gasteiger partial charge on any atom is -0.349 e. The van der Waals surface area contributed by atoms with Gasteiger partial charge in [0.2, 0.25) is 0 Å². The topological polar surface area (TPSA) is 45.5 Å². The molecule has 0 spiro atoms. The van der Waals surface area contributed by atoms with Crippen molar-refractivity contribution in [1.82, 2.24) is 19.8 Å². The Balaban J connectivity index is 0.00000242. The molecule has 0 atom stereocenters. The molecule has 6 heteroatoms. The number of aliphatic imine (C=N–C) groups is 1. The van der Waals surface area contributed by atoms with Crippen LogP contribution >= 0.6 is 24.0 Å². The molecule has 22 heavy (non-hydrogen) atoms. The number of hydrogen-bond donors (Lipinski definition) is 1. The highest BCUT2D eigenvalue weighted by atomic mass is 127. The molecule has 5 nitrogen and oxygen atoms in total. The van der Waals surface area contributed by atoms with E-state index in [0.29, 0.717) is 11.3 Å². The van der Waals surface area contributed by atoms with Crippen LogP contribution in [0.2, 0.25) is 0 Å². The van der Waals surface area contributed by atoms with E-state index in [0.717, 1.165) is 38.0 Å². The van der Waals surface area contributed by atoms with Crippen molar-refractivity contribution < 1.29 is 0 Å². The average Bonchev–Trinajstić information content (AvgIpc) is 2.97. The van der Waals surface area contributed by atoms with Crippen molar-refractivity contribution in [2.45, 2.75) is 47.2 Å². The first-order valence-corrected chi connectivity index (χ1v) is 7.87. The fraction of sp³-hybridized carbons (Fsp3) is 0.750. The average molecular weight is 419 g/mol. The van der Waals surface area contributed by atoms with Crippen LogP contribution in [0.1, 0.15) is 39.9 Å². The SMILES string of the molecule is CN=C(NCc1nccn1CC(C)C)N1CCC(C)(C)C1.I. The predicted molar refractivity (Wildman–Crippen MR) is 103 cm³/mol. The van der Waals surface area contributed by atoms with E-state index >= 15 is 0 Å². The Bertz CT molecular complexity index is 492. The summed E-state index contributed by atoms with van der Waals surface area (Å²) in [6.07, 6.45) is 5.15. The van der Waals surface area contributed by atoms with E-state index in [1.807, 2.05) is 13.2 Å². The molecular formula is C16H30IN5. The Labute approximate surface area is 151 Å². The zero-order valence-corrected chi connectivity index (χ0v) is 16.8. The van der Waals surface area contributed by atoms with Crippen molar-refractivity contribution in [2.75, 3.05) is 20.1 Å². The molecular weight excluding hydrogens is 389 g/mol. The summed E-state index contributed by atoms with van der Waals surface area (Å²) in [4.78, 5) is 11.2. The highest BCUT2D eigenvalue weighted by Gasteiger charge is 2.30. The lowest BCUT2D eigenvalue weighted by molar-refractivity contribution is 0.369. The van der Waals surface area contributed by atoms with Crippen molar-refractivity contribution in [3.63, 3.8) is 0 Å². The van der Waals surface area contributed by atoms with Gasteiger partial charge in [0.15, 0.2) is 5.96 Å². The number of nitrogens with zero attached hydrogens (tertiary/aromatic N) is 4. The van der Waals surface area contributed by atoms with Gasteiger partial charge in [0.1, 0.15) is 5.82 Å². The van der Waals surface area contributed by atoms with E-state index < -0.39 is 0 Å². The van der Waals surface area contributed by atoms with E-state index in [-0.39, 0.29) is 24.0 Å². The van der Waals surface area contributed by atoms with Crippen molar-refractivity contribution in [1.29, 1.82) is 0 Å².